The van der Waals surface area contributed by atoms with E-state index in [0.717, 1.165) is 22.8 Å². The van der Waals surface area contributed by atoms with Crippen molar-refractivity contribution in [1.29, 1.82) is 0 Å². The molecule has 2 aromatic rings. The number of benzene rings is 1. The maximum absolute atomic E-state index is 6.00. The van der Waals surface area contributed by atoms with Gasteiger partial charge in [-0.25, -0.2) is 4.98 Å². The van der Waals surface area contributed by atoms with Crippen molar-refractivity contribution < 1.29 is 4.74 Å². The molecule has 19 heavy (non-hydrogen) atoms. The summed E-state index contributed by atoms with van der Waals surface area (Å²) in [5.74, 6) is 1.66. The molecule has 4 heteroatoms. The molecule has 1 aromatic carbocycles. The zero-order valence-electron chi connectivity index (χ0n) is 11.5. The quantitative estimate of drug-likeness (QED) is 0.915. The van der Waals surface area contributed by atoms with Crippen LogP contribution in [0.1, 0.15) is 18.5 Å². The molecule has 0 unspecified atom stereocenters. The van der Waals surface area contributed by atoms with Crippen LogP contribution >= 0.6 is 0 Å². The first kappa shape index (κ1) is 13.4. The molecule has 4 nitrogen and oxygen atoms in total. The van der Waals surface area contributed by atoms with Crippen molar-refractivity contribution in [3.8, 4) is 5.75 Å². The summed E-state index contributed by atoms with van der Waals surface area (Å²) in [7, 11) is 3.63. The highest BCUT2D eigenvalue weighted by atomic mass is 16.5. The van der Waals surface area contributed by atoms with Crippen LogP contribution in [-0.2, 0) is 0 Å². The molecule has 0 saturated carbocycles. The summed E-state index contributed by atoms with van der Waals surface area (Å²) in [5, 5.41) is 0. The summed E-state index contributed by atoms with van der Waals surface area (Å²) in [6.45, 7) is 1.95. The zero-order chi connectivity index (χ0) is 13.8. The largest absolute Gasteiger partial charge is 0.495 e. The number of hydrogen-bond donors (Lipinski definition) is 1. The lowest BCUT2D eigenvalue weighted by atomic mass is 10.1. The Morgan fingerprint density at radius 2 is 1.95 bits per heavy atom. The van der Waals surface area contributed by atoms with Crippen molar-refractivity contribution >= 4 is 11.5 Å². The summed E-state index contributed by atoms with van der Waals surface area (Å²) in [6.07, 6.45) is 1.77. The third-order valence-corrected chi connectivity index (χ3v) is 3.07. The molecule has 1 heterocycles. The number of ether oxygens (including phenoxy) is 1. The normalized spacial score (nSPS) is 12.0. The average Bonchev–Trinajstić information content (AvgIpc) is 2.46. The number of para-hydroxylation sites is 2. The van der Waals surface area contributed by atoms with Gasteiger partial charge in [0.1, 0.15) is 11.6 Å². The van der Waals surface area contributed by atoms with Crippen molar-refractivity contribution in [3.05, 3.63) is 48.2 Å². The SMILES string of the molecule is COc1ccccc1N(C)c1ncccc1[C@@H](C)N. The highest BCUT2D eigenvalue weighted by Crippen LogP contribution is 2.33. The highest BCUT2D eigenvalue weighted by Gasteiger charge is 2.15. The molecule has 0 radical (unpaired) electrons. The van der Waals surface area contributed by atoms with Gasteiger partial charge in [-0.15, -0.1) is 0 Å². The van der Waals surface area contributed by atoms with Crippen LogP contribution in [0.4, 0.5) is 11.5 Å². The second-order valence-corrected chi connectivity index (χ2v) is 4.44. The van der Waals surface area contributed by atoms with Gasteiger partial charge >= 0.3 is 0 Å². The van der Waals surface area contributed by atoms with E-state index in [2.05, 4.69) is 4.98 Å². The van der Waals surface area contributed by atoms with Gasteiger partial charge in [-0.1, -0.05) is 18.2 Å². The molecule has 0 bridgehead atoms. The van der Waals surface area contributed by atoms with Crippen molar-refractivity contribution in [2.24, 2.45) is 5.73 Å². The van der Waals surface area contributed by atoms with Crippen LogP contribution < -0.4 is 15.4 Å². The standard InChI is InChI=1S/C15H19N3O/c1-11(16)12-7-6-10-17-15(12)18(2)13-8-4-5-9-14(13)19-3/h4-11H,16H2,1-3H3/t11-/m1/s1. The van der Waals surface area contributed by atoms with Gasteiger partial charge in [0, 0.05) is 24.8 Å². The van der Waals surface area contributed by atoms with Gasteiger partial charge in [0.2, 0.25) is 0 Å². The Morgan fingerprint density at radius 1 is 1.21 bits per heavy atom. The van der Waals surface area contributed by atoms with Crippen LogP contribution in [0.15, 0.2) is 42.6 Å². The predicted octanol–water partition coefficient (Wildman–Crippen LogP) is 2.88. The predicted molar refractivity (Wildman–Crippen MR) is 77.9 cm³/mol. The second kappa shape index (κ2) is 5.71. The van der Waals surface area contributed by atoms with Crippen LogP contribution in [0.3, 0.4) is 0 Å². The van der Waals surface area contributed by atoms with E-state index in [0.29, 0.717) is 0 Å². The fraction of sp³-hybridized carbons (Fsp3) is 0.267. The topological polar surface area (TPSA) is 51.4 Å². The summed E-state index contributed by atoms with van der Waals surface area (Å²) in [6, 6.07) is 11.7. The number of aromatic nitrogens is 1. The van der Waals surface area contributed by atoms with Gasteiger partial charge < -0.3 is 15.4 Å². The Hall–Kier alpha value is -2.07. The number of pyridine rings is 1. The first-order chi connectivity index (χ1) is 9.15. The second-order valence-electron chi connectivity index (χ2n) is 4.44. The molecule has 1 aromatic heterocycles. The molecule has 2 rings (SSSR count). The van der Waals surface area contributed by atoms with Gasteiger partial charge in [-0.05, 0) is 25.1 Å². The van der Waals surface area contributed by atoms with E-state index in [1.165, 1.54) is 0 Å². The first-order valence-corrected chi connectivity index (χ1v) is 6.22. The Kier molecular flexibility index (Phi) is 4.02. The van der Waals surface area contributed by atoms with Crippen LogP contribution in [0, 0.1) is 0 Å². The number of nitrogens with two attached hydrogens (primary N) is 1. The van der Waals surface area contributed by atoms with Crippen molar-refractivity contribution in [3.63, 3.8) is 0 Å². The minimum absolute atomic E-state index is 0.0687. The van der Waals surface area contributed by atoms with Crippen molar-refractivity contribution in [2.75, 3.05) is 19.1 Å². The number of nitrogens with zero attached hydrogens (tertiary/aromatic N) is 2. The van der Waals surface area contributed by atoms with Crippen LogP contribution in [-0.4, -0.2) is 19.1 Å². The average molecular weight is 257 g/mol. The number of methoxy groups -OCH3 is 1. The fourth-order valence-electron chi connectivity index (χ4n) is 2.07. The Labute approximate surface area is 113 Å². The van der Waals surface area contributed by atoms with E-state index in [-0.39, 0.29) is 6.04 Å². The maximum atomic E-state index is 6.00. The van der Waals surface area contributed by atoms with E-state index in [9.17, 15) is 0 Å². The molecular formula is C15H19N3O. The molecule has 1 atom stereocenters. The number of rotatable bonds is 4. The molecule has 0 spiro atoms. The molecule has 0 saturated heterocycles. The highest BCUT2D eigenvalue weighted by molar-refractivity contribution is 5.68. The van der Waals surface area contributed by atoms with Crippen LogP contribution in [0.25, 0.3) is 0 Å². The summed E-state index contributed by atoms with van der Waals surface area (Å²) >= 11 is 0. The Morgan fingerprint density at radius 3 is 2.63 bits per heavy atom. The molecule has 0 aliphatic carbocycles. The lowest BCUT2D eigenvalue weighted by molar-refractivity contribution is 0.415. The van der Waals surface area contributed by atoms with E-state index in [1.807, 2.05) is 55.3 Å². The molecular weight excluding hydrogens is 238 g/mol. The monoisotopic (exact) mass is 257 g/mol. The van der Waals surface area contributed by atoms with E-state index in [4.69, 9.17) is 10.5 Å². The van der Waals surface area contributed by atoms with Crippen molar-refractivity contribution in [2.45, 2.75) is 13.0 Å². The third kappa shape index (κ3) is 2.69. The van der Waals surface area contributed by atoms with Crippen LogP contribution in [0.2, 0.25) is 0 Å². The van der Waals surface area contributed by atoms with E-state index < -0.39 is 0 Å². The molecule has 0 amide bonds. The van der Waals surface area contributed by atoms with Crippen LogP contribution in [0.5, 0.6) is 5.75 Å². The van der Waals surface area contributed by atoms with Gasteiger partial charge in [0.15, 0.2) is 0 Å². The number of hydrogen-bond acceptors (Lipinski definition) is 4. The molecule has 0 aliphatic rings. The fourth-order valence-corrected chi connectivity index (χ4v) is 2.07. The van der Waals surface area contributed by atoms with Crippen molar-refractivity contribution in [1.82, 2.24) is 4.98 Å². The lowest BCUT2D eigenvalue weighted by Crippen LogP contribution is -2.17. The van der Waals surface area contributed by atoms with Gasteiger partial charge in [-0.3, -0.25) is 0 Å². The molecule has 100 valence electrons. The maximum Gasteiger partial charge on any atom is 0.142 e. The number of anilines is 2. The summed E-state index contributed by atoms with van der Waals surface area (Å²) < 4.78 is 5.39. The van der Waals surface area contributed by atoms with Gasteiger partial charge in [0.25, 0.3) is 0 Å². The van der Waals surface area contributed by atoms with E-state index in [1.54, 1.807) is 13.3 Å². The minimum atomic E-state index is -0.0687. The van der Waals surface area contributed by atoms with E-state index >= 15 is 0 Å². The summed E-state index contributed by atoms with van der Waals surface area (Å²) in [4.78, 5) is 6.44. The molecule has 2 N–H and O–H groups in total. The minimum Gasteiger partial charge on any atom is -0.495 e. The molecule has 0 aliphatic heterocycles. The third-order valence-electron chi connectivity index (χ3n) is 3.07. The smallest absolute Gasteiger partial charge is 0.142 e. The Balaban J connectivity index is 2.47. The van der Waals surface area contributed by atoms with Gasteiger partial charge in [-0.2, -0.15) is 0 Å². The lowest BCUT2D eigenvalue weighted by Gasteiger charge is -2.24. The van der Waals surface area contributed by atoms with Gasteiger partial charge in [0.05, 0.1) is 12.8 Å². The Bertz CT molecular complexity index is 555. The molecule has 0 fully saturated rings. The zero-order valence-corrected chi connectivity index (χ0v) is 11.5. The summed E-state index contributed by atoms with van der Waals surface area (Å²) in [5.41, 5.74) is 7.98. The first-order valence-electron chi connectivity index (χ1n) is 6.22.